The number of amides is 1. The van der Waals surface area contributed by atoms with Crippen LogP contribution in [0.25, 0.3) is 21.7 Å². The molecule has 3 aromatic carbocycles. The van der Waals surface area contributed by atoms with E-state index in [1.807, 2.05) is 49.4 Å². The third kappa shape index (κ3) is 4.51. The molecule has 144 valence electrons. The van der Waals surface area contributed by atoms with Crippen molar-refractivity contribution >= 4 is 45.6 Å². The highest BCUT2D eigenvalue weighted by Gasteiger charge is 2.17. The molecule has 0 unspecified atom stereocenters. The number of thiazole rings is 1. The van der Waals surface area contributed by atoms with E-state index in [0.29, 0.717) is 20.7 Å². The lowest BCUT2D eigenvalue weighted by Gasteiger charge is -2.03. The van der Waals surface area contributed by atoms with Crippen LogP contribution in [0.3, 0.4) is 0 Å². The highest BCUT2D eigenvalue weighted by molar-refractivity contribution is 7.19. The standard InChI is InChI=1S/C23H16Cl2N2OS/c1-14-7-9-15(10-8-14)20-21(16-5-3-2-4-6-16)29-23(26-20)27-22(28)17-11-18(24)13-19(25)12-17/h2-13H,1H3,(H,26,27,28). The molecule has 0 bridgehead atoms. The first kappa shape index (κ1) is 19.6. The van der Waals surface area contributed by atoms with Gasteiger partial charge in [-0.15, -0.1) is 0 Å². The lowest BCUT2D eigenvalue weighted by molar-refractivity contribution is 0.102. The second-order valence-corrected chi connectivity index (χ2v) is 8.41. The first-order valence-electron chi connectivity index (χ1n) is 8.90. The highest BCUT2D eigenvalue weighted by Crippen LogP contribution is 2.39. The number of hydrogen-bond donors (Lipinski definition) is 1. The minimum Gasteiger partial charge on any atom is -0.298 e. The molecule has 0 spiro atoms. The average Bonchev–Trinajstić information content (AvgIpc) is 3.12. The lowest BCUT2D eigenvalue weighted by Crippen LogP contribution is -2.11. The number of carbonyl (C=O) groups excluding carboxylic acids is 1. The van der Waals surface area contributed by atoms with Crippen molar-refractivity contribution in [1.82, 2.24) is 4.98 Å². The summed E-state index contributed by atoms with van der Waals surface area (Å²) in [6, 6.07) is 22.9. The Labute approximate surface area is 183 Å². The van der Waals surface area contributed by atoms with Crippen LogP contribution in [0.2, 0.25) is 10.0 Å². The number of rotatable bonds is 4. The second-order valence-electron chi connectivity index (χ2n) is 6.54. The van der Waals surface area contributed by atoms with Gasteiger partial charge in [-0.2, -0.15) is 0 Å². The van der Waals surface area contributed by atoms with Gasteiger partial charge in [0.25, 0.3) is 5.91 Å². The molecule has 0 fully saturated rings. The average molecular weight is 439 g/mol. The van der Waals surface area contributed by atoms with Gasteiger partial charge in [0, 0.05) is 21.2 Å². The van der Waals surface area contributed by atoms with Crippen LogP contribution < -0.4 is 5.32 Å². The summed E-state index contributed by atoms with van der Waals surface area (Å²) in [7, 11) is 0. The molecule has 29 heavy (non-hydrogen) atoms. The van der Waals surface area contributed by atoms with E-state index in [1.54, 1.807) is 18.2 Å². The molecule has 6 heteroatoms. The second kappa shape index (κ2) is 8.37. The number of benzene rings is 3. The van der Waals surface area contributed by atoms with E-state index in [9.17, 15) is 4.79 Å². The van der Waals surface area contributed by atoms with E-state index in [2.05, 4.69) is 17.4 Å². The van der Waals surface area contributed by atoms with Gasteiger partial charge in [-0.1, -0.05) is 94.7 Å². The maximum Gasteiger partial charge on any atom is 0.257 e. The van der Waals surface area contributed by atoms with Crippen LogP contribution in [-0.4, -0.2) is 10.9 Å². The summed E-state index contributed by atoms with van der Waals surface area (Å²) in [4.78, 5) is 18.4. The molecule has 1 amide bonds. The predicted molar refractivity (Wildman–Crippen MR) is 122 cm³/mol. The van der Waals surface area contributed by atoms with E-state index in [4.69, 9.17) is 28.2 Å². The fourth-order valence-corrected chi connectivity index (χ4v) is 4.43. The number of nitrogens with one attached hydrogen (secondary N) is 1. The maximum absolute atomic E-state index is 12.7. The molecule has 0 aliphatic carbocycles. The fourth-order valence-electron chi connectivity index (χ4n) is 2.92. The van der Waals surface area contributed by atoms with Crippen molar-refractivity contribution in [3.63, 3.8) is 0 Å². The molecule has 0 atom stereocenters. The van der Waals surface area contributed by atoms with Crippen molar-refractivity contribution in [2.45, 2.75) is 6.92 Å². The third-order valence-corrected chi connectivity index (χ3v) is 5.79. The summed E-state index contributed by atoms with van der Waals surface area (Å²) < 4.78 is 0. The summed E-state index contributed by atoms with van der Waals surface area (Å²) >= 11 is 13.5. The number of hydrogen-bond acceptors (Lipinski definition) is 3. The molecule has 0 aliphatic heterocycles. The Balaban J connectivity index is 1.73. The first-order valence-corrected chi connectivity index (χ1v) is 10.5. The summed E-state index contributed by atoms with van der Waals surface area (Å²) in [5, 5.41) is 4.21. The molecule has 1 aromatic heterocycles. The fraction of sp³-hybridized carbons (Fsp3) is 0.0435. The number of nitrogens with zero attached hydrogens (tertiary/aromatic N) is 1. The molecule has 4 rings (SSSR count). The third-order valence-electron chi connectivity index (χ3n) is 4.33. The molecule has 1 heterocycles. The van der Waals surface area contributed by atoms with Gasteiger partial charge in [0.05, 0.1) is 10.6 Å². The van der Waals surface area contributed by atoms with Crippen LogP contribution in [0, 0.1) is 6.92 Å². The topological polar surface area (TPSA) is 42.0 Å². The zero-order valence-corrected chi connectivity index (χ0v) is 17.8. The molecule has 3 nitrogen and oxygen atoms in total. The Morgan fingerprint density at radius 2 is 1.55 bits per heavy atom. The van der Waals surface area contributed by atoms with E-state index < -0.39 is 0 Å². The number of aryl methyl sites for hydroxylation is 1. The van der Waals surface area contributed by atoms with Gasteiger partial charge in [-0.3, -0.25) is 10.1 Å². The van der Waals surface area contributed by atoms with E-state index in [-0.39, 0.29) is 5.91 Å². The molecule has 0 saturated carbocycles. The minimum absolute atomic E-state index is 0.307. The zero-order valence-electron chi connectivity index (χ0n) is 15.4. The molecule has 0 radical (unpaired) electrons. The Morgan fingerprint density at radius 3 is 2.21 bits per heavy atom. The van der Waals surface area contributed by atoms with E-state index in [1.165, 1.54) is 16.9 Å². The molecule has 4 aromatic rings. The molecular weight excluding hydrogens is 423 g/mol. The van der Waals surface area contributed by atoms with Gasteiger partial charge < -0.3 is 0 Å². The van der Waals surface area contributed by atoms with Crippen molar-refractivity contribution in [3.05, 3.63) is 94.0 Å². The molecular formula is C23H16Cl2N2OS. The SMILES string of the molecule is Cc1ccc(-c2nc(NC(=O)c3cc(Cl)cc(Cl)c3)sc2-c2ccccc2)cc1. The van der Waals surface area contributed by atoms with Gasteiger partial charge in [0.15, 0.2) is 5.13 Å². The Morgan fingerprint density at radius 1 is 0.897 bits per heavy atom. The molecule has 0 saturated heterocycles. The quantitative estimate of drug-likeness (QED) is 0.361. The van der Waals surface area contributed by atoms with Gasteiger partial charge >= 0.3 is 0 Å². The molecule has 0 aliphatic rings. The lowest BCUT2D eigenvalue weighted by atomic mass is 10.1. The summed E-state index contributed by atoms with van der Waals surface area (Å²) in [6.07, 6.45) is 0. The minimum atomic E-state index is -0.307. The maximum atomic E-state index is 12.7. The summed E-state index contributed by atoms with van der Waals surface area (Å²) in [5.74, 6) is -0.307. The largest absolute Gasteiger partial charge is 0.298 e. The van der Waals surface area contributed by atoms with Crippen molar-refractivity contribution in [2.75, 3.05) is 5.32 Å². The zero-order chi connectivity index (χ0) is 20.4. The van der Waals surface area contributed by atoms with Gasteiger partial charge in [0.2, 0.25) is 0 Å². The Bertz CT molecular complexity index is 1150. The summed E-state index contributed by atoms with van der Waals surface area (Å²) in [5.41, 5.74) is 4.44. The first-order chi connectivity index (χ1) is 14.0. The van der Waals surface area contributed by atoms with Crippen LogP contribution >= 0.6 is 34.5 Å². The van der Waals surface area contributed by atoms with Crippen molar-refractivity contribution in [1.29, 1.82) is 0 Å². The number of aromatic nitrogens is 1. The van der Waals surface area contributed by atoms with Crippen LogP contribution in [0.5, 0.6) is 0 Å². The monoisotopic (exact) mass is 438 g/mol. The van der Waals surface area contributed by atoms with E-state index in [0.717, 1.165) is 21.7 Å². The Kier molecular flexibility index (Phi) is 5.67. The smallest absolute Gasteiger partial charge is 0.257 e. The molecule has 1 N–H and O–H groups in total. The van der Waals surface area contributed by atoms with E-state index >= 15 is 0 Å². The number of carbonyl (C=O) groups is 1. The van der Waals surface area contributed by atoms with Crippen molar-refractivity contribution < 1.29 is 4.79 Å². The van der Waals surface area contributed by atoms with Gasteiger partial charge in [-0.25, -0.2) is 4.98 Å². The number of anilines is 1. The number of halogens is 2. The normalized spacial score (nSPS) is 10.7. The van der Waals surface area contributed by atoms with Gasteiger partial charge in [0.1, 0.15) is 0 Å². The van der Waals surface area contributed by atoms with Gasteiger partial charge in [-0.05, 0) is 30.7 Å². The predicted octanol–water partition coefficient (Wildman–Crippen LogP) is 7.34. The van der Waals surface area contributed by atoms with Crippen LogP contribution in [-0.2, 0) is 0 Å². The van der Waals surface area contributed by atoms with Crippen molar-refractivity contribution in [3.8, 4) is 21.7 Å². The van der Waals surface area contributed by atoms with Crippen molar-refractivity contribution in [2.24, 2.45) is 0 Å². The highest BCUT2D eigenvalue weighted by atomic mass is 35.5. The van der Waals surface area contributed by atoms with Crippen LogP contribution in [0.1, 0.15) is 15.9 Å². The van der Waals surface area contributed by atoms with Crippen LogP contribution in [0.15, 0.2) is 72.8 Å². The Hall–Kier alpha value is -2.66. The van der Waals surface area contributed by atoms with Crippen LogP contribution in [0.4, 0.5) is 5.13 Å². The summed E-state index contributed by atoms with van der Waals surface area (Å²) in [6.45, 7) is 2.05.